The molecular weight excluding hydrogens is 183 g/mol. The van der Waals surface area contributed by atoms with Gasteiger partial charge in [-0.2, -0.15) is 0 Å². The molecule has 0 atom stereocenters. The smallest absolute Gasteiger partial charge is 0.197 e. The van der Waals surface area contributed by atoms with E-state index < -0.39 is 0 Å². The lowest BCUT2D eigenvalue weighted by Gasteiger charge is -1.98. The molecule has 2 radical (unpaired) electrons. The summed E-state index contributed by atoms with van der Waals surface area (Å²) in [4.78, 5) is 4.55. The molecule has 0 spiro atoms. The summed E-state index contributed by atoms with van der Waals surface area (Å²) in [5, 5.41) is 2.87. The van der Waals surface area contributed by atoms with Crippen molar-refractivity contribution in [3.63, 3.8) is 0 Å². The molecule has 5 heteroatoms. The minimum atomic E-state index is 0.131. The molecule has 66 valence electrons. The third-order valence-corrected chi connectivity index (χ3v) is 1.38. The Hall–Kier alpha value is -1.10. The molecule has 0 saturated heterocycles. The van der Waals surface area contributed by atoms with E-state index in [4.69, 9.17) is 24.5 Å². The monoisotopic (exact) mass is 192 g/mol. The van der Waals surface area contributed by atoms with Gasteiger partial charge in [-0.3, -0.25) is 0 Å². The fraction of sp³-hybridized carbons (Fsp3) is 0.250. The number of oxazole rings is 1. The van der Waals surface area contributed by atoms with Crippen LogP contribution in [0.3, 0.4) is 0 Å². The van der Waals surface area contributed by atoms with Crippen LogP contribution in [0.1, 0.15) is 19.6 Å². The number of anilines is 1. The highest BCUT2D eigenvalue weighted by Crippen LogP contribution is 2.12. The van der Waals surface area contributed by atoms with E-state index in [-0.39, 0.29) is 5.79 Å². The number of hydrogen-bond acceptors (Lipinski definition) is 3. The Morgan fingerprint density at radius 1 is 1.69 bits per heavy atom. The fourth-order valence-corrected chi connectivity index (χ4v) is 0.966. The maximum Gasteiger partial charge on any atom is 0.197 e. The van der Waals surface area contributed by atoms with Gasteiger partial charge in [0.2, 0.25) is 0 Å². The molecule has 0 fully saturated rings. The minimum Gasteiger partial charge on any atom is -0.451 e. The Morgan fingerprint density at radius 3 is 2.92 bits per heavy atom. The average molecular weight is 192 g/mol. The quantitative estimate of drug-likeness (QED) is 0.565. The van der Waals surface area contributed by atoms with Gasteiger partial charge in [0, 0.05) is 0 Å². The van der Waals surface area contributed by atoms with Crippen molar-refractivity contribution in [3.05, 3.63) is 11.8 Å². The second-order valence-electron chi connectivity index (χ2n) is 2.45. The van der Waals surface area contributed by atoms with E-state index in [9.17, 15) is 0 Å². The number of aromatic nitrogens is 1. The summed E-state index contributed by atoms with van der Waals surface area (Å²) in [6.07, 6.45) is 3.60. The van der Waals surface area contributed by atoms with Gasteiger partial charge in [-0.05, 0) is 19.9 Å². The van der Waals surface area contributed by atoms with Crippen molar-refractivity contribution >= 4 is 42.7 Å². The van der Waals surface area contributed by atoms with Crippen molar-refractivity contribution in [2.75, 3.05) is 5.32 Å². The Morgan fingerprint density at radius 2 is 2.38 bits per heavy atom. The summed E-state index contributed by atoms with van der Waals surface area (Å²) in [5.74, 6) is 1.28. The van der Waals surface area contributed by atoms with Crippen LogP contribution in [0, 0.1) is 0 Å². The Balaban J connectivity index is 2.97. The molecule has 0 bridgehead atoms. The third-order valence-electron chi connectivity index (χ3n) is 1.28. The van der Waals surface area contributed by atoms with Crippen molar-refractivity contribution < 1.29 is 4.42 Å². The largest absolute Gasteiger partial charge is 0.451 e. The van der Waals surface area contributed by atoms with Crippen molar-refractivity contribution in [3.8, 4) is 0 Å². The third kappa shape index (κ3) is 2.70. The van der Waals surface area contributed by atoms with Gasteiger partial charge in [0.25, 0.3) is 0 Å². The molecule has 1 aromatic rings. The molecule has 3 nitrogen and oxygen atoms in total. The van der Waals surface area contributed by atoms with Crippen LogP contribution in [-0.4, -0.2) is 17.8 Å². The highest BCUT2D eigenvalue weighted by atomic mass is 32.1. The SMILES string of the molecule is [B]c1nc(NC(C)=S)c(/C=C\C)o1. The molecule has 1 N–H and O–H groups in total. The zero-order valence-corrected chi connectivity index (χ0v) is 8.31. The predicted molar refractivity (Wildman–Crippen MR) is 58.5 cm³/mol. The second kappa shape index (κ2) is 4.23. The van der Waals surface area contributed by atoms with Crippen molar-refractivity contribution in [1.82, 2.24) is 4.98 Å². The van der Waals surface area contributed by atoms with Crippen LogP contribution >= 0.6 is 12.2 Å². The van der Waals surface area contributed by atoms with Crippen LogP contribution in [0.2, 0.25) is 0 Å². The molecule has 0 amide bonds. The molecule has 1 aromatic heterocycles. The maximum absolute atomic E-state index is 5.39. The minimum absolute atomic E-state index is 0.131. The lowest BCUT2D eigenvalue weighted by Crippen LogP contribution is -2.07. The van der Waals surface area contributed by atoms with E-state index >= 15 is 0 Å². The van der Waals surface area contributed by atoms with Gasteiger partial charge in [-0.25, -0.2) is 4.98 Å². The fourth-order valence-electron chi connectivity index (χ4n) is 0.870. The number of hydrogen-bond donors (Lipinski definition) is 1. The highest BCUT2D eigenvalue weighted by molar-refractivity contribution is 7.80. The molecule has 0 aliphatic rings. The molecule has 13 heavy (non-hydrogen) atoms. The van der Waals surface area contributed by atoms with Crippen LogP contribution in [0.5, 0.6) is 0 Å². The standard InChI is InChI=1S/C8H9BN2OS/c1-3-4-6-7(10-5(2)13)11-8(9)12-6/h3-4H,1-2H3,(H,10,13)/b4-3-. The van der Waals surface area contributed by atoms with E-state index in [1.165, 1.54) is 0 Å². The molecule has 1 heterocycles. The number of rotatable bonds is 2. The van der Waals surface area contributed by atoms with E-state index in [2.05, 4.69) is 10.3 Å². The molecule has 0 aliphatic carbocycles. The zero-order chi connectivity index (χ0) is 9.84. The van der Waals surface area contributed by atoms with E-state index in [0.717, 1.165) is 0 Å². The summed E-state index contributed by atoms with van der Waals surface area (Å²) in [6, 6.07) is 0. The molecule has 0 aliphatic heterocycles. The van der Waals surface area contributed by atoms with Crippen molar-refractivity contribution in [2.45, 2.75) is 13.8 Å². The van der Waals surface area contributed by atoms with Crippen LogP contribution in [-0.2, 0) is 0 Å². The second-order valence-corrected chi connectivity index (χ2v) is 3.06. The number of allylic oxidation sites excluding steroid dienone is 1. The van der Waals surface area contributed by atoms with Gasteiger partial charge in [-0.15, -0.1) is 0 Å². The summed E-state index contributed by atoms with van der Waals surface area (Å²) in [6.45, 7) is 3.65. The van der Waals surface area contributed by atoms with E-state index in [1.807, 2.05) is 13.0 Å². The van der Waals surface area contributed by atoms with Crippen LogP contribution < -0.4 is 11.1 Å². The van der Waals surface area contributed by atoms with E-state index in [0.29, 0.717) is 16.6 Å². The van der Waals surface area contributed by atoms with Gasteiger partial charge in [-0.1, -0.05) is 18.3 Å². The first-order valence-corrected chi connectivity index (χ1v) is 4.21. The van der Waals surface area contributed by atoms with Crippen LogP contribution in [0.25, 0.3) is 6.08 Å². The molecule has 0 aromatic carbocycles. The lowest BCUT2D eigenvalue weighted by molar-refractivity contribution is 0.586. The van der Waals surface area contributed by atoms with Gasteiger partial charge in [0.1, 0.15) is 5.79 Å². The predicted octanol–water partition coefficient (Wildman–Crippen LogP) is 1.26. The molecule has 0 unspecified atom stereocenters. The molecular formula is C8H9BN2OS. The summed E-state index contributed by atoms with van der Waals surface area (Å²) in [7, 11) is 5.39. The zero-order valence-electron chi connectivity index (χ0n) is 7.50. The number of nitrogens with one attached hydrogen (secondary N) is 1. The van der Waals surface area contributed by atoms with Crippen LogP contribution in [0.15, 0.2) is 10.5 Å². The first-order valence-electron chi connectivity index (χ1n) is 3.80. The van der Waals surface area contributed by atoms with Gasteiger partial charge in [0.15, 0.2) is 19.4 Å². The first kappa shape index (κ1) is 9.99. The maximum atomic E-state index is 5.39. The van der Waals surface area contributed by atoms with Crippen molar-refractivity contribution in [1.29, 1.82) is 0 Å². The Bertz CT molecular complexity index is 346. The molecule has 1 rings (SSSR count). The summed E-state index contributed by atoms with van der Waals surface area (Å²) in [5.41, 5.74) is 0. The van der Waals surface area contributed by atoms with Crippen molar-refractivity contribution in [2.24, 2.45) is 0 Å². The highest BCUT2D eigenvalue weighted by Gasteiger charge is 2.06. The van der Waals surface area contributed by atoms with Gasteiger partial charge in [0.05, 0.1) is 4.99 Å². The Labute approximate surface area is 83.6 Å². The van der Waals surface area contributed by atoms with E-state index in [1.54, 1.807) is 13.0 Å². The number of nitrogens with zero attached hydrogens (tertiary/aromatic N) is 1. The first-order chi connectivity index (χ1) is 6.13. The number of thiocarbonyl (C=S) groups is 1. The molecule has 0 saturated carbocycles. The normalized spacial score (nSPS) is 10.6. The topological polar surface area (TPSA) is 38.1 Å². The summed E-state index contributed by atoms with van der Waals surface area (Å²) < 4.78 is 5.11. The van der Waals surface area contributed by atoms with Crippen LogP contribution in [0.4, 0.5) is 5.82 Å². The van der Waals surface area contributed by atoms with Gasteiger partial charge >= 0.3 is 0 Å². The lowest BCUT2D eigenvalue weighted by atomic mass is 10.2. The summed E-state index contributed by atoms with van der Waals surface area (Å²) >= 11 is 4.87. The Kier molecular flexibility index (Phi) is 3.25. The van der Waals surface area contributed by atoms with Gasteiger partial charge < -0.3 is 9.73 Å². The average Bonchev–Trinajstić information content (AvgIpc) is 2.31.